The first-order chi connectivity index (χ1) is 12.1. The third kappa shape index (κ3) is 7.39. The van der Waals surface area contributed by atoms with Gasteiger partial charge in [-0.15, -0.1) is 0 Å². The monoisotopic (exact) mass is 466 g/mol. The summed E-state index contributed by atoms with van der Waals surface area (Å²) < 4.78 is 105. The Morgan fingerprint density at radius 1 is 0.630 bits per heavy atom. The fraction of sp³-hybridized carbons (Fsp3) is 1.00. The van der Waals surface area contributed by atoms with Crippen molar-refractivity contribution in [3.63, 3.8) is 0 Å². The Bertz CT molecular complexity index is 799. The van der Waals surface area contributed by atoms with Crippen LogP contribution in [0.15, 0.2) is 0 Å². The quantitative estimate of drug-likeness (QED) is 0.138. The lowest BCUT2D eigenvalue weighted by atomic mass is 9.79. The maximum absolute atomic E-state index is 11.0. The SMILES string of the molecule is C[C@@H]1[C@@H](OS(=O)(=O)O)[C@H](OO)[C@@H](OOO)[C@@H](OS(=O)(=O)O)[C@H]1OS(=O)(=O)O. The molecule has 0 spiro atoms. The number of rotatable bonds is 9. The fourth-order valence-electron chi connectivity index (χ4n) is 2.44. The first-order valence-electron chi connectivity index (χ1n) is 6.34. The molecule has 0 saturated heterocycles. The standard InChI is InChI=1S/C7H14O17S3/c1-2-3(21-25(10,11)12)5(19-8)6(20-24-9)7(23-27(16,17)18)4(2)22-26(13,14)15/h2-9H,1H3,(H,10,11,12)(H,13,14,15)(H,16,17,18)/t2-,3-,4+,5+,6-,7+/m1/s1. The highest BCUT2D eigenvalue weighted by atomic mass is 32.3. The van der Waals surface area contributed by atoms with Crippen molar-refractivity contribution in [1.29, 1.82) is 0 Å². The van der Waals surface area contributed by atoms with Gasteiger partial charge in [-0.3, -0.25) is 18.9 Å². The second-order valence-corrected chi connectivity index (χ2v) is 8.17. The van der Waals surface area contributed by atoms with Gasteiger partial charge in [0.15, 0.2) is 12.2 Å². The molecule has 0 aromatic carbocycles. The summed E-state index contributed by atoms with van der Waals surface area (Å²) in [4.78, 5) is 8.01. The molecule has 0 bridgehead atoms. The van der Waals surface area contributed by atoms with Crippen LogP contribution in [-0.4, -0.2) is 79.9 Å². The van der Waals surface area contributed by atoms with Gasteiger partial charge in [-0.1, -0.05) is 12.0 Å². The average Bonchev–Trinajstić information content (AvgIpc) is 2.44. The molecule has 5 N–H and O–H groups in total. The Morgan fingerprint density at radius 3 is 1.33 bits per heavy atom. The van der Waals surface area contributed by atoms with Crippen molar-refractivity contribution in [2.75, 3.05) is 0 Å². The molecule has 1 aliphatic rings. The van der Waals surface area contributed by atoms with E-state index in [9.17, 15) is 25.3 Å². The third-order valence-corrected chi connectivity index (χ3v) is 4.70. The van der Waals surface area contributed by atoms with Crippen LogP contribution in [-0.2, 0) is 58.6 Å². The summed E-state index contributed by atoms with van der Waals surface area (Å²) in [5.41, 5.74) is 0. The van der Waals surface area contributed by atoms with Crippen LogP contribution in [0, 0.1) is 5.92 Å². The first-order valence-corrected chi connectivity index (χ1v) is 10.4. The van der Waals surface area contributed by atoms with E-state index in [0.717, 1.165) is 6.92 Å². The zero-order valence-corrected chi connectivity index (χ0v) is 15.3. The molecule has 27 heavy (non-hydrogen) atoms. The van der Waals surface area contributed by atoms with Crippen LogP contribution in [0.3, 0.4) is 0 Å². The van der Waals surface area contributed by atoms with E-state index in [1.54, 1.807) is 0 Å². The average molecular weight is 466 g/mol. The predicted molar refractivity (Wildman–Crippen MR) is 74.5 cm³/mol. The normalized spacial score (nSPS) is 33.1. The molecule has 0 aromatic rings. The lowest BCUT2D eigenvalue weighted by Gasteiger charge is -2.44. The second-order valence-electron chi connectivity index (χ2n) is 5.03. The Kier molecular flexibility index (Phi) is 7.99. The number of hydrogen-bond donors (Lipinski definition) is 5. The molecule has 1 rings (SSSR count). The van der Waals surface area contributed by atoms with Gasteiger partial charge >= 0.3 is 31.2 Å². The van der Waals surface area contributed by atoms with Crippen LogP contribution in [0.1, 0.15) is 6.92 Å². The van der Waals surface area contributed by atoms with Crippen LogP contribution < -0.4 is 0 Å². The molecular weight excluding hydrogens is 452 g/mol. The van der Waals surface area contributed by atoms with Crippen molar-refractivity contribution in [2.45, 2.75) is 37.4 Å². The minimum absolute atomic E-state index is 0.925. The van der Waals surface area contributed by atoms with E-state index in [0.29, 0.717) is 0 Å². The van der Waals surface area contributed by atoms with Gasteiger partial charge in [-0.2, -0.15) is 30.1 Å². The largest absolute Gasteiger partial charge is 0.397 e. The topological polar surface area (TPSA) is 259 Å². The third-order valence-electron chi connectivity index (χ3n) is 3.31. The highest BCUT2D eigenvalue weighted by molar-refractivity contribution is 7.81. The summed E-state index contributed by atoms with van der Waals surface area (Å²) in [5, 5.41) is 20.6. The molecule has 0 aliphatic heterocycles. The molecular formula is C7H14O17S3. The van der Waals surface area contributed by atoms with Gasteiger partial charge in [0, 0.05) is 5.92 Å². The van der Waals surface area contributed by atoms with E-state index < -0.39 is 67.6 Å². The molecule has 1 saturated carbocycles. The molecule has 20 heteroatoms. The van der Waals surface area contributed by atoms with Crippen molar-refractivity contribution in [3.05, 3.63) is 0 Å². The van der Waals surface area contributed by atoms with Gasteiger partial charge in [-0.25, -0.2) is 22.7 Å². The Morgan fingerprint density at radius 2 is 1.00 bits per heavy atom. The molecule has 1 aliphatic carbocycles. The van der Waals surface area contributed by atoms with E-state index in [4.69, 9.17) is 24.2 Å². The van der Waals surface area contributed by atoms with Crippen LogP contribution in [0.5, 0.6) is 0 Å². The molecule has 1 fully saturated rings. The van der Waals surface area contributed by atoms with E-state index in [1.165, 1.54) is 0 Å². The molecule has 0 amide bonds. The van der Waals surface area contributed by atoms with Gasteiger partial charge in [0.1, 0.15) is 18.3 Å². The van der Waals surface area contributed by atoms with Crippen molar-refractivity contribution >= 4 is 31.2 Å². The Hall–Kier alpha value is -0.590. The minimum Gasteiger partial charge on any atom is -0.264 e. The smallest absolute Gasteiger partial charge is 0.264 e. The lowest BCUT2D eigenvalue weighted by Crippen LogP contribution is -2.64. The van der Waals surface area contributed by atoms with E-state index in [-0.39, 0.29) is 0 Å². The van der Waals surface area contributed by atoms with Gasteiger partial charge in [0.2, 0.25) is 0 Å². The molecule has 0 aromatic heterocycles. The summed E-state index contributed by atoms with van der Waals surface area (Å²) in [7, 11) is -16.0. The Labute approximate surface area is 151 Å². The fourth-order valence-corrected chi connectivity index (χ4v) is 4.07. The molecule has 17 nitrogen and oxygen atoms in total. The maximum Gasteiger partial charge on any atom is 0.397 e. The van der Waals surface area contributed by atoms with Crippen molar-refractivity contribution in [3.8, 4) is 0 Å². The van der Waals surface area contributed by atoms with Gasteiger partial charge in [0.25, 0.3) is 0 Å². The van der Waals surface area contributed by atoms with Gasteiger partial charge < -0.3 is 0 Å². The molecule has 0 unspecified atom stereocenters. The second kappa shape index (κ2) is 8.83. The van der Waals surface area contributed by atoms with Crippen molar-refractivity contribution in [2.24, 2.45) is 5.92 Å². The Balaban J connectivity index is 3.51. The summed E-state index contributed by atoms with van der Waals surface area (Å²) in [5.74, 6) is -1.67. The van der Waals surface area contributed by atoms with Crippen LogP contribution in [0.4, 0.5) is 0 Å². The molecule has 6 atom stereocenters. The van der Waals surface area contributed by atoms with Crippen LogP contribution >= 0.6 is 0 Å². The zero-order chi connectivity index (χ0) is 21.2. The predicted octanol–water partition coefficient (Wildman–Crippen LogP) is -2.15. The summed E-state index contributed by atoms with van der Waals surface area (Å²) in [6.45, 7) is 0.925. The summed E-state index contributed by atoms with van der Waals surface area (Å²) in [6, 6.07) is 0. The first kappa shape index (κ1) is 24.4. The molecule has 0 radical (unpaired) electrons. The zero-order valence-electron chi connectivity index (χ0n) is 12.8. The number of hydrogen-bond acceptors (Lipinski definition) is 14. The van der Waals surface area contributed by atoms with Gasteiger partial charge in [0.05, 0.1) is 0 Å². The molecule has 0 heterocycles. The van der Waals surface area contributed by atoms with E-state index in [1.807, 2.05) is 0 Å². The minimum atomic E-state index is -5.39. The highest BCUT2D eigenvalue weighted by Gasteiger charge is 2.57. The highest BCUT2D eigenvalue weighted by Crippen LogP contribution is 2.37. The van der Waals surface area contributed by atoms with Crippen LogP contribution in [0.2, 0.25) is 0 Å². The lowest BCUT2D eigenvalue weighted by molar-refractivity contribution is -0.528. The summed E-state index contributed by atoms with van der Waals surface area (Å²) in [6.07, 6.45) is -11.1. The molecule has 162 valence electrons. The summed E-state index contributed by atoms with van der Waals surface area (Å²) >= 11 is 0. The van der Waals surface area contributed by atoms with Gasteiger partial charge in [-0.05, 0) is 0 Å². The van der Waals surface area contributed by atoms with E-state index in [2.05, 4.69) is 27.4 Å². The maximum atomic E-state index is 11.0. The van der Waals surface area contributed by atoms with Crippen molar-refractivity contribution in [1.82, 2.24) is 0 Å². The van der Waals surface area contributed by atoms with Crippen LogP contribution in [0.25, 0.3) is 0 Å². The van der Waals surface area contributed by atoms with Crippen molar-refractivity contribution < 1.29 is 76.8 Å². The van der Waals surface area contributed by atoms with E-state index >= 15 is 0 Å².